The number of nitrogens with zero attached hydrogens (tertiary/aromatic N) is 2. The van der Waals surface area contributed by atoms with Gasteiger partial charge in [-0.25, -0.2) is 5.01 Å². The fourth-order valence-corrected chi connectivity index (χ4v) is 9.61. The van der Waals surface area contributed by atoms with Crippen LogP contribution in [-0.2, 0) is 13.1 Å². The van der Waals surface area contributed by atoms with Crippen LogP contribution in [0.5, 0.6) is 0 Å². The highest BCUT2D eigenvalue weighted by Gasteiger charge is 2.19. The van der Waals surface area contributed by atoms with E-state index < -0.39 is 0 Å². The topological polar surface area (TPSA) is 46.2 Å². The molecule has 2 aromatic heterocycles. The van der Waals surface area contributed by atoms with Gasteiger partial charge in [-0.3, -0.25) is 11.2 Å². The number of fused-ring (bicyclic) bond motifs is 6. The summed E-state index contributed by atoms with van der Waals surface area (Å²) in [6, 6.07) is 69.7. The minimum Gasteiger partial charge on any atom is -0.309 e. The van der Waals surface area contributed by atoms with Crippen molar-refractivity contribution in [2.24, 2.45) is 5.84 Å². The first-order chi connectivity index (χ1) is 27.7. The average Bonchev–Trinajstić information content (AvgIpc) is 3.81. The second-order valence-corrected chi connectivity index (χ2v) is 15.5. The fourth-order valence-electron chi connectivity index (χ4n) is 8.24. The lowest BCUT2D eigenvalue weighted by atomic mass is 9.99. The minimum absolute atomic E-state index is 0.146. The molecule has 2 heterocycles. The summed E-state index contributed by atoms with van der Waals surface area (Å²) in [5, 5.41) is 10.7. The van der Waals surface area contributed by atoms with Crippen molar-refractivity contribution >= 4 is 53.3 Å². The highest BCUT2D eigenvalue weighted by Crippen LogP contribution is 2.44. The summed E-state index contributed by atoms with van der Waals surface area (Å²) >= 11 is 1.90. The normalized spacial score (nSPS) is 12.3. The van der Waals surface area contributed by atoms with Crippen molar-refractivity contribution < 1.29 is 0 Å². The minimum atomic E-state index is -0.146. The van der Waals surface area contributed by atoms with Gasteiger partial charge < -0.3 is 4.57 Å². The molecule has 0 amide bonds. The zero-order valence-corrected chi connectivity index (χ0v) is 31.7. The lowest BCUT2D eigenvalue weighted by Gasteiger charge is -2.29. The molecule has 0 aliphatic rings. The molecule has 4 nitrogen and oxygen atoms in total. The maximum atomic E-state index is 6.73. The zero-order chi connectivity index (χ0) is 37.4. The first-order valence-corrected chi connectivity index (χ1v) is 20.0. The Bertz CT molecular complexity index is 2950. The Balaban J connectivity index is 0.979. The van der Waals surface area contributed by atoms with Gasteiger partial charge in [-0.2, -0.15) is 0 Å². The van der Waals surface area contributed by atoms with Crippen molar-refractivity contribution in [2.75, 3.05) is 0 Å². The lowest BCUT2D eigenvalue weighted by Crippen LogP contribution is -2.42. The second-order valence-electron chi connectivity index (χ2n) is 14.4. The SMILES string of the molecule is NN(Cc1ccccc1)C(NCc1ccc(-n2c3ccccc3c3cc(-c4cccc5c4sc4c(-c6ccccc6)cccc45)ccc32)cc1)c1ccccc1. The molecule has 0 spiro atoms. The predicted molar refractivity (Wildman–Crippen MR) is 237 cm³/mol. The number of nitrogens with one attached hydrogen (secondary N) is 1. The molecule has 0 radical (unpaired) electrons. The Morgan fingerprint density at radius 2 is 1.09 bits per heavy atom. The summed E-state index contributed by atoms with van der Waals surface area (Å²) < 4.78 is 5.05. The average molecular weight is 741 g/mol. The predicted octanol–water partition coefficient (Wildman–Crippen LogP) is 12.6. The smallest absolute Gasteiger partial charge is 0.0996 e. The highest BCUT2D eigenvalue weighted by molar-refractivity contribution is 7.26. The summed E-state index contributed by atoms with van der Waals surface area (Å²) in [5.41, 5.74) is 12.1. The van der Waals surface area contributed by atoms with Crippen LogP contribution < -0.4 is 11.2 Å². The molecule has 0 bridgehead atoms. The second kappa shape index (κ2) is 14.7. The molecule has 0 saturated heterocycles. The lowest BCUT2D eigenvalue weighted by molar-refractivity contribution is 0.158. The van der Waals surface area contributed by atoms with Gasteiger partial charge >= 0.3 is 0 Å². The van der Waals surface area contributed by atoms with Crippen LogP contribution in [0.4, 0.5) is 0 Å². The molecular weight excluding hydrogens is 701 g/mol. The maximum Gasteiger partial charge on any atom is 0.0996 e. The van der Waals surface area contributed by atoms with Crippen molar-refractivity contribution in [3.05, 3.63) is 211 Å². The molecular formula is C51H40N4S. The number of rotatable bonds is 10. The van der Waals surface area contributed by atoms with E-state index in [1.54, 1.807) is 0 Å². The maximum absolute atomic E-state index is 6.73. The van der Waals surface area contributed by atoms with Gasteiger partial charge in [0.2, 0.25) is 0 Å². The van der Waals surface area contributed by atoms with Crippen LogP contribution in [0.1, 0.15) is 22.9 Å². The van der Waals surface area contributed by atoms with E-state index in [1.165, 1.54) is 75.4 Å². The van der Waals surface area contributed by atoms with E-state index >= 15 is 0 Å². The summed E-state index contributed by atoms with van der Waals surface area (Å²) in [7, 11) is 0. The number of nitrogens with two attached hydrogens (primary N) is 1. The number of para-hydroxylation sites is 1. The van der Waals surface area contributed by atoms with Crippen LogP contribution in [0.15, 0.2) is 194 Å². The quantitative estimate of drug-likeness (QED) is 0.0834. The molecule has 0 aliphatic carbocycles. The Morgan fingerprint density at radius 3 is 1.80 bits per heavy atom. The summed E-state index contributed by atoms with van der Waals surface area (Å²) in [5.74, 6) is 6.73. The van der Waals surface area contributed by atoms with Gasteiger partial charge in [0.25, 0.3) is 0 Å². The van der Waals surface area contributed by atoms with Crippen LogP contribution in [0.25, 0.3) is 69.9 Å². The molecule has 270 valence electrons. The Morgan fingerprint density at radius 1 is 0.500 bits per heavy atom. The largest absolute Gasteiger partial charge is 0.309 e. The molecule has 8 aromatic carbocycles. The first-order valence-electron chi connectivity index (χ1n) is 19.2. The summed E-state index contributed by atoms with van der Waals surface area (Å²) in [4.78, 5) is 0. The molecule has 10 rings (SSSR count). The fraction of sp³-hybridized carbons (Fsp3) is 0.0588. The van der Waals surface area contributed by atoms with Gasteiger partial charge in [0.1, 0.15) is 0 Å². The van der Waals surface area contributed by atoms with Crippen LogP contribution in [0, 0.1) is 0 Å². The third kappa shape index (κ3) is 6.27. The van der Waals surface area contributed by atoms with Gasteiger partial charge in [0.05, 0.1) is 17.2 Å². The van der Waals surface area contributed by atoms with E-state index in [0.717, 1.165) is 11.3 Å². The number of hydrogen-bond acceptors (Lipinski definition) is 4. The number of benzene rings is 8. The highest BCUT2D eigenvalue weighted by atomic mass is 32.1. The third-order valence-corrected chi connectivity index (χ3v) is 12.2. The molecule has 5 heteroatoms. The van der Waals surface area contributed by atoms with E-state index in [4.69, 9.17) is 5.84 Å². The molecule has 10 aromatic rings. The Labute approximate surface area is 330 Å². The first kappa shape index (κ1) is 34.2. The van der Waals surface area contributed by atoms with Crippen LogP contribution in [0.2, 0.25) is 0 Å². The molecule has 0 saturated carbocycles. The number of aromatic nitrogens is 1. The van der Waals surface area contributed by atoms with Gasteiger partial charge in [-0.05, 0) is 69.3 Å². The number of thiophene rings is 1. The molecule has 1 atom stereocenters. The van der Waals surface area contributed by atoms with Crippen LogP contribution in [-0.4, -0.2) is 9.58 Å². The van der Waals surface area contributed by atoms with Gasteiger partial charge in [0.15, 0.2) is 0 Å². The van der Waals surface area contributed by atoms with E-state index in [1.807, 2.05) is 28.5 Å². The van der Waals surface area contributed by atoms with Crippen LogP contribution >= 0.6 is 11.3 Å². The van der Waals surface area contributed by atoms with E-state index in [2.05, 4.69) is 192 Å². The van der Waals surface area contributed by atoms with Crippen molar-refractivity contribution in [2.45, 2.75) is 19.3 Å². The number of hydrazine groups is 1. The van der Waals surface area contributed by atoms with E-state index in [0.29, 0.717) is 13.1 Å². The standard InChI is InChI=1S/C51H40N4S/c52-54(34-36-14-4-1-5-15-36)51(38-18-8-3-9-19-38)53-33-35-26-29-40(30-27-35)55-47-25-11-10-20-43(47)46-32-39(28-31-48(46)55)42-22-13-24-45-44-23-12-21-41(49(44)56-50(42)45)37-16-6-2-7-17-37/h1-32,51,53H,33-34,52H2. The van der Waals surface area contributed by atoms with Gasteiger partial charge in [-0.15, -0.1) is 11.3 Å². The van der Waals surface area contributed by atoms with Gasteiger partial charge in [-0.1, -0.05) is 164 Å². The monoisotopic (exact) mass is 740 g/mol. The third-order valence-electron chi connectivity index (χ3n) is 10.9. The van der Waals surface area contributed by atoms with Crippen molar-refractivity contribution in [1.29, 1.82) is 0 Å². The van der Waals surface area contributed by atoms with Crippen molar-refractivity contribution in [3.63, 3.8) is 0 Å². The molecule has 3 N–H and O–H groups in total. The Hall–Kier alpha value is -6.34. The van der Waals surface area contributed by atoms with Crippen molar-refractivity contribution in [1.82, 2.24) is 14.9 Å². The zero-order valence-electron chi connectivity index (χ0n) is 30.8. The Kier molecular flexibility index (Phi) is 8.98. The molecule has 56 heavy (non-hydrogen) atoms. The van der Waals surface area contributed by atoms with Crippen molar-refractivity contribution in [3.8, 4) is 27.9 Å². The summed E-state index contributed by atoms with van der Waals surface area (Å²) in [6.07, 6.45) is -0.146. The van der Waals surface area contributed by atoms with E-state index in [9.17, 15) is 0 Å². The van der Waals surface area contributed by atoms with E-state index in [-0.39, 0.29) is 6.17 Å². The molecule has 0 fully saturated rings. The van der Waals surface area contributed by atoms with Crippen LogP contribution in [0.3, 0.4) is 0 Å². The number of hydrogen-bond donors (Lipinski definition) is 2. The molecule has 0 aliphatic heterocycles. The summed E-state index contributed by atoms with van der Waals surface area (Å²) in [6.45, 7) is 1.31. The molecule has 1 unspecified atom stereocenters. The van der Waals surface area contributed by atoms with Gasteiger partial charge in [0, 0.05) is 49.7 Å².